The van der Waals surface area contributed by atoms with Crippen molar-refractivity contribution < 1.29 is 19.4 Å². The number of aliphatic carboxylic acids is 1. The van der Waals surface area contributed by atoms with Crippen LogP contribution in [0.2, 0.25) is 0 Å². The molecule has 0 spiro atoms. The summed E-state index contributed by atoms with van der Waals surface area (Å²) in [7, 11) is 0. The topological polar surface area (TPSA) is 91.8 Å². The van der Waals surface area contributed by atoms with Gasteiger partial charge in [0.1, 0.15) is 0 Å². The predicted octanol–water partition coefficient (Wildman–Crippen LogP) is 0.489. The number of amides is 2. The normalized spacial score (nSPS) is 18.9. The zero-order valence-corrected chi connectivity index (χ0v) is 12.0. The lowest BCUT2D eigenvalue weighted by atomic mass is 10.3. The SMILES string of the molecule is Cc1csc(CCNC(=O)N2CCOC(C(=O)O)C2)n1. The summed E-state index contributed by atoms with van der Waals surface area (Å²) in [5.74, 6) is -1.04. The van der Waals surface area contributed by atoms with E-state index in [1.54, 1.807) is 11.3 Å². The summed E-state index contributed by atoms with van der Waals surface area (Å²) in [4.78, 5) is 28.5. The van der Waals surface area contributed by atoms with Gasteiger partial charge in [0, 0.05) is 30.6 Å². The Morgan fingerprint density at radius 3 is 3.10 bits per heavy atom. The lowest BCUT2D eigenvalue weighted by molar-refractivity contribution is -0.154. The molecule has 7 nitrogen and oxygen atoms in total. The second-order valence-electron chi connectivity index (χ2n) is 4.51. The Labute approximate surface area is 120 Å². The van der Waals surface area contributed by atoms with E-state index in [9.17, 15) is 9.59 Å². The summed E-state index contributed by atoms with van der Waals surface area (Å²) in [5.41, 5.74) is 0.980. The summed E-state index contributed by atoms with van der Waals surface area (Å²) in [6.07, 6.45) is -0.257. The number of aryl methyl sites for hydroxylation is 1. The van der Waals surface area contributed by atoms with Crippen LogP contribution in [0.15, 0.2) is 5.38 Å². The Morgan fingerprint density at radius 1 is 1.65 bits per heavy atom. The fourth-order valence-corrected chi connectivity index (χ4v) is 2.66. The molecule has 1 unspecified atom stereocenters. The highest BCUT2D eigenvalue weighted by Crippen LogP contribution is 2.09. The van der Waals surface area contributed by atoms with Gasteiger partial charge in [-0.25, -0.2) is 14.6 Å². The van der Waals surface area contributed by atoms with E-state index in [0.717, 1.165) is 10.7 Å². The molecule has 2 N–H and O–H groups in total. The summed E-state index contributed by atoms with van der Waals surface area (Å²) in [6.45, 7) is 3.15. The minimum absolute atomic E-state index is 0.0809. The van der Waals surface area contributed by atoms with Crippen molar-refractivity contribution in [3.05, 3.63) is 16.1 Å². The van der Waals surface area contributed by atoms with Crippen molar-refractivity contribution in [1.29, 1.82) is 0 Å². The second-order valence-corrected chi connectivity index (χ2v) is 5.45. The average molecular weight is 299 g/mol. The van der Waals surface area contributed by atoms with Crippen molar-refractivity contribution in [2.45, 2.75) is 19.4 Å². The molecular weight excluding hydrogens is 282 g/mol. The Hall–Kier alpha value is -1.67. The number of thiazole rings is 1. The number of rotatable bonds is 4. The average Bonchev–Trinajstić information content (AvgIpc) is 2.84. The minimum Gasteiger partial charge on any atom is -0.479 e. The van der Waals surface area contributed by atoms with Crippen LogP contribution in [0.5, 0.6) is 0 Å². The first-order valence-corrected chi connectivity index (χ1v) is 7.22. The highest BCUT2D eigenvalue weighted by atomic mass is 32.1. The molecule has 1 aromatic rings. The lowest BCUT2D eigenvalue weighted by Gasteiger charge is -2.30. The van der Waals surface area contributed by atoms with Crippen LogP contribution in [0.1, 0.15) is 10.7 Å². The molecule has 8 heteroatoms. The monoisotopic (exact) mass is 299 g/mol. The molecule has 2 rings (SSSR count). The number of urea groups is 1. The molecule has 1 atom stereocenters. The molecular formula is C12H17N3O4S. The van der Waals surface area contributed by atoms with Crippen molar-refractivity contribution in [3.8, 4) is 0 Å². The number of morpholine rings is 1. The molecule has 1 fully saturated rings. The first-order valence-electron chi connectivity index (χ1n) is 6.34. The molecule has 0 saturated carbocycles. The van der Waals surface area contributed by atoms with Crippen molar-refractivity contribution >= 4 is 23.3 Å². The standard InChI is InChI=1S/C12H17N3O4S/c1-8-7-20-10(14-8)2-3-13-12(18)15-4-5-19-9(6-15)11(16)17/h7,9H,2-6H2,1H3,(H,13,18)(H,16,17). The zero-order valence-electron chi connectivity index (χ0n) is 11.2. The summed E-state index contributed by atoms with van der Waals surface area (Å²) >= 11 is 1.57. The van der Waals surface area contributed by atoms with E-state index in [4.69, 9.17) is 9.84 Å². The van der Waals surface area contributed by atoms with E-state index in [-0.39, 0.29) is 19.2 Å². The highest BCUT2D eigenvalue weighted by molar-refractivity contribution is 7.09. The number of carbonyl (C=O) groups excluding carboxylic acids is 1. The van der Waals surface area contributed by atoms with Gasteiger partial charge in [-0.05, 0) is 6.92 Å². The minimum atomic E-state index is -1.04. The van der Waals surface area contributed by atoms with Crippen LogP contribution in [0.25, 0.3) is 0 Å². The second kappa shape index (κ2) is 6.67. The Morgan fingerprint density at radius 2 is 2.45 bits per heavy atom. The van der Waals surface area contributed by atoms with Crippen LogP contribution in [0, 0.1) is 6.92 Å². The first kappa shape index (κ1) is 14.7. The highest BCUT2D eigenvalue weighted by Gasteiger charge is 2.28. The van der Waals surface area contributed by atoms with Crippen LogP contribution >= 0.6 is 11.3 Å². The fraction of sp³-hybridized carbons (Fsp3) is 0.583. The van der Waals surface area contributed by atoms with E-state index < -0.39 is 12.1 Å². The molecule has 1 aliphatic heterocycles. The third-order valence-corrected chi connectivity index (χ3v) is 3.94. The predicted molar refractivity (Wildman–Crippen MR) is 72.9 cm³/mol. The number of aromatic nitrogens is 1. The number of nitrogens with one attached hydrogen (secondary N) is 1. The third-order valence-electron chi connectivity index (χ3n) is 2.91. The van der Waals surface area contributed by atoms with Gasteiger partial charge in [-0.1, -0.05) is 0 Å². The van der Waals surface area contributed by atoms with Crippen molar-refractivity contribution in [3.63, 3.8) is 0 Å². The zero-order chi connectivity index (χ0) is 14.5. The van der Waals surface area contributed by atoms with Gasteiger partial charge < -0.3 is 20.1 Å². The molecule has 0 radical (unpaired) electrons. The molecule has 2 heterocycles. The molecule has 1 saturated heterocycles. The Bertz CT molecular complexity index is 491. The van der Waals surface area contributed by atoms with Gasteiger partial charge in [-0.2, -0.15) is 0 Å². The molecule has 0 aromatic carbocycles. The quantitative estimate of drug-likeness (QED) is 0.844. The maximum absolute atomic E-state index is 11.9. The molecule has 1 aliphatic rings. The van der Waals surface area contributed by atoms with Gasteiger partial charge in [-0.15, -0.1) is 11.3 Å². The molecule has 1 aromatic heterocycles. The van der Waals surface area contributed by atoms with Gasteiger partial charge >= 0.3 is 12.0 Å². The lowest BCUT2D eigenvalue weighted by Crippen LogP contribution is -2.52. The maximum Gasteiger partial charge on any atom is 0.334 e. The van der Waals surface area contributed by atoms with Crippen LogP contribution in [0.3, 0.4) is 0 Å². The number of carboxylic acids is 1. The van der Waals surface area contributed by atoms with Crippen molar-refractivity contribution in [2.75, 3.05) is 26.2 Å². The smallest absolute Gasteiger partial charge is 0.334 e. The number of hydrogen-bond donors (Lipinski definition) is 2. The van der Waals surface area contributed by atoms with Gasteiger partial charge in [0.2, 0.25) is 0 Å². The van der Waals surface area contributed by atoms with Crippen LogP contribution < -0.4 is 5.32 Å². The summed E-state index contributed by atoms with van der Waals surface area (Å²) in [5, 5.41) is 14.6. The Kier molecular flexibility index (Phi) is 4.91. The first-order chi connectivity index (χ1) is 9.56. The fourth-order valence-electron chi connectivity index (χ4n) is 1.89. The third kappa shape index (κ3) is 3.91. The van der Waals surface area contributed by atoms with E-state index in [0.29, 0.717) is 19.5 Å². The molecule has 2 amide bonds. The number of carbonyl (C=O) groups is 2. The molecule has 0 aliphatic carbocycles. The van der Waals surface area contributed by atoms with E-state index >= 15 is 0 Å². The van der Waals surface area contributed by atoms with E-state index in [2.05, 4.69) is 10.3 Å². The van der Waals surface area contributed by atoms with Crippen LogP contribution in [-0.2, 0) is 16.0 Å². The summed E-state index contributed by atoms with van der Waals surface area (Å²) in [6, 6.07) is -0.257. The number of ether oxygens (including phenoxy) is 1. The van der Waals surface area contributed by atoms with Gasteiger partial charge in [-0.3, -0.25) is 0 Å². The number of nitrogens with zero attached hydrogens (tertiary/aromatic N) is 2. The summed E-state index contributed by atoms with van der Waals surface area (Å²) < 4.78 is 5.07. The molecule has 110 valence electrons. The van der Waals surface area contributed by atoms with Crippen molar-refractivity contribution in [1.82, 2.24) is 15.2 Å². The van der Waals surface area contributed by atoms with Gasteiger partial charge in [0.05, 0.1) is 18.2 Å². The molecule has 20 heavy (non-hydrogen) atoms. The van der Waals surface area contributed by atoms with E-state index in [1.165, 1.54) is 4.90 Å². The number of hydrogen-bond acceptors (Lipinski definition) is 5. The van der Waals surface area contributed by atoms with Crippen LogP contribution in [-0.4, -0.2) is 59.3 Å². The van der Waals surface area contributed by atoms with Gasteiger partial charge in [0.15, 0.2) is 6.10 Å². The Balaban J connectivity index is 1.75. The van der Waals surface area contributed by atoms with E-state index in [1.807, 2.05) is 12.3 Å². The van der Waals surface area contributed by atoms with Crippen LogP contribution in [0.4, 0.5) is 4.79 Å². The van der Waals surface area contributed by atoms with Gasteiger partial charge in [0.25, 0.3) is 0 Å². The molecule has 0 bridgehead atoms. The largest absolute Gasteiger partial charge is 0.479 e. The van der Waals surface area contributed by atoms with Crippen molar-refractivity contribution in [2.24, 2.45) is 0 Å². The maximum atomic E-state index is 11.9. The number of carboxylic acid groups (broad SMARTS) is 1.